The van der Waals surface area contributed by atoms with Gasteiger partial charge in [0.15, 0.2) is 6.61 Å². The lowest BCUT2D eigenvalue weighted by molar-refractivity contribution is -0.385. The number of ether oxygens (including phenoxy) is 1. The normalized spacial score (nSPS) is 10.2. The molecule has 9 nitrogen and oxygen atoms in total. The molecule has 0 fully saturated rings. The molecular weight excluding hydrogens is 385 g/mol. The van der Waals surface area contributed by atoms with Gasteiger partial charge in [-0.05, 0) is 37.3 Å². The predicted octanol–water partition coefficient (Wildman–Crippen LogP) is 2.30. The zero-order valence-electron chi connectivity index (χ0n) is 15.7. The van der Waals surface area contributed by atoms with Crippen LogP contribution in [0.4, 0.5) is 15.8 Å². The number of halogens is 1. The smallest absolute Gasteiger partial charge is 0.338 e. The second kappa shape index (κ2) is 9.40. The van der Waals surface area contributed by atoms with E-state index in [9.17, 15) is 28.9 Å². The fraction of sp³-hybridized carbons (Fsp3) is 0.211. The van der Waals surface area contributed by atoms with Crippen molar-refractivity contribution in [3.63, 3.8) is 0 Å². The summed E-state index contributed by atoms with van der Waals surface area (Å²) in [6.45, 7) is 0.577. The van der Waals surface area contributed by atoms with Crippen molar-refractivity contribution >= 4 is 29.2 Å². The first-order chi connectivity index (χ1) is 13.7. The number of nitrogens with one attached hydrogen (secondary N) is 1. The molecule has 10 heteroatoms. The lowest BCUT2D eigenvalue weighted by atomic mass is 10.1. The highest BCUT2D eigenvalue weighted by molar-refractivity contribution is 5.95. The fourth-order valence-electron chi connectivity index (χ4n) is 2.29. The Bertz CT molecular complexity index is 945. The number of nitro groups is 1. The second-order valence-electron chi connectivity index (χ2n) is 6.14. The van der Waals surface area contributed by atoms with Crippen molar-refractivity contribution in [2.75, 3.05) is 25.5 Å². The number of rotatable bonds is 7. The van der Waals surface area contributed by atoms with Gasteiger partial charge in [-0.3, -0.25) is 19.7 Å². The summed E-state index contributed by atoms with van der Waals surface area (Å²) in [5.41, 5.74) is 0.450. The Morgan fingerprint density at radius 2 is 1.83 bits per heavy atom. The number of likely N-dealkylation sites (N-methyl/N-ethyl adjacent to an activating group) is 1. The Balaban J connectivity index is 1.87. The lowest BCUT2D eigenvalue weighted by Crippen LogP contribution is -2.37. The third-order valence-electron chi connectivity index (χ3n) is 3.90. The predicted molar refractivity (Wildman–Crippen MR) is 101 cm³/mol. The molecule has 0 saturated carbocycles. The van der Waals surface area contributed by atoms with Crippen LogP contribution in [0.1, 0.15) is 15.9 Å². The zero-order valence-corrected chi connectivity index (χ0v) is 15.7. The first-order valence-electron chi connectivity index (χ1n) is 8.39. The summed E-state index contributed by atoms with van der Waals surface area (Å²) in [4.78, 5) is 47.4. The fourth-order valence-corrected chi connectivity index (χ4v) is 2.29. The molecule has 0 bridgehead atoms. The van der Waals surface area contributed by atoms with Gasteiger partial charge in [-0.2, -0.15) is 0 Å². The van der Waals surface area contributed by atoms with Gasteiger partial charge >= 0.3 is 5.97 Å². The van der Waals surface area contributed by atoms with Gasteiger partial charge in [-0.1, -0.05) is 6.07 Å². The zero-order chi connectivity index (χ0) is 21.6. The number of carbonyl (C=O) groups is 3. The number of aryl methyl sites for hydroxylation is 1. The van der Waals surface area contributed by atoms with Crippen molar-refractivity contribution in [1.82, 2.24) is 4.90 Å². The maximum Gasteiger partial charge on any atom is 0.338 e. The van der Waals surface area contributed by atoms with E-state index in [1.54, 1.807) is 0 Å². The first-order valence-corrected chi connectivity index (χ1v) is 8.39. The van der Waals surface area contributed by atoms with Crippen LogP contribution in [0, 0.1) is 22.9 Å². The minimum atomic E-state index is -0.898. The topological polar surface area (TPSA) is 119 Å². The number of anilines is 1. The molecule has 0 heterocycles. The van der Waals surface area contributed by atoms with Crippen LogP contribution in [0.3, 0.4) is 0 Å². The molecule has 0 radical (unpaired) electrons. The Kier molecular flexibility index (Phi) is 6.96. The summed E-state index contributed by atoms with van der Waals surface area (Å²) in [6.07, 6.45) is 0. The van der Waals surface area contributed by atoms with E-state index in [-0.39, 0.29) is 17.8 Å². The number of hydrogen-bond acceptors (Lipinski definition) is 6. The summed E-state index contributed by atoms with van der Waals surface area (Å²) in [5.74, 6) is -2.51. The van der Waals surface area contributed by atoms with Crippen molar-refractivity contribution < 1.29 is 28.4 Å². The molecule has 0 spiro atoms. The molecule has 2 amide bonds. The van der Waals surface area contributed by atoms with Crippen LogP contribution in [0.15, 0.2) is 42.5 Å². The van der Waals surface area contributed by atoms with E-state index in [2.05, 4.69) is 5.32 Å². The Hall–Kier alpha value is -3.82. The molecule has 2 aromatic carbocycles. The summed E-state index contributed by atoms with van der Waals surface area (Å²) in [6, 6.07) is 8.94. The first kappa shape index (κ1) is 21.5. The number of esters is 1. The van der Waals surface area contributed by atoms with Gasteiger partial charge in [-0.15, -0.1) is 0 Å². The van der Waals surface area contributed by atoms with E-state index in [0.29, 0.717) is 11.3 Å². The van der Waals surface area contributed by atoms with E-state index < -0.39 is 35.1 Å². The summed E-state index contributed by atoms with van der Waals surface area (Å²) < 4.78 is 17.7. The molecule has 2 rings (SSSR count). The molecule has 0 aliphatic rings. The summed E-state index contributed by atoms with van der Waals surface area (Å²) in [7, 11) is 1.34. The third kappa shape index (κ3) is 6.09. The second-order valence-corrected chi connectivity index (χ2v) is 6.14. The van der Waals surface area contributed by atoms with Crippen LogP contribution in [0.25, 0.3) is 0 Å². The summed E-state index contributed by atoms with van der Waals surface area (Å²) >= 11 is 0. The van der Waals surface area contributed by atoms with Gasteiger partial charge in [0, 0.05) is 24.4 Å². The van der Waals surface area contributed by atoms with E-state index in [4.69, 9.17) is 4.74 Å². The number of nitrogens with zero attached hydrogens (tertiary/aromatic N) is 2. The van der Waals surface area contributed by atoms with Crippen molar-refractivity contribution in [2.24, 2.45) is 0 Å². The van der Waals surface area contributed by atoms with Gasteiger partial charge in [0.05, 0.1) is 17.0 Å². The Morgan fingerprint density at radius 1 is 1.17 bits per heavy atom. The third-order valence-corrected chi connectivity index (χ3v) is 3.90. The molecule has 2 aromatic rings. The molecule has 0 atom stereocenters. The maximum atomic E-state index is 12.9. The van der Waals surface area contributed by atoms with Crippen LogP contribution in [-0.2, 0) is 14.3 Å². The van der Waals surface area contributed by atoms with E-state index in [1.807, 2.05) is 0 Å². The molecule has 152 valence electrons. The average molecular weight is 403 g/mol. The van der Waals surface area contributed by atoms with Gasteiger partial charge in [0.25, 0.3) is 11.6 Å². The van der Waals surface area contributed by atoms with E-state index in [0.717, 1.165) is 11.0 Å². The Morgan fingerprint density at radius 3 is 2.45 bits per heavy atom. The molecule has 0 aliphatic carbocycles. The Labute approximate surface area is 165 Å². The lowest BCUT2D eigenvalue weighted by Gasteiger charge is -2.16. The van der Waals surface area contributed by atoms with Crippen molar-refractivity contribution in [3.8, 4) is 0 Å². The molecule has 0 saturated heterocycles. The van der Waals surface area contributed by atoms with Crippen LogP contribution in [0.2, 0.25) is 0 Å². The van der Waals surface area contributed by atoms with Gasteiger partial charge in [0.1, 0.15) is 5.82 Å². The number of amides is 2. The summed E-state index contributed by atoms with van der Waals surface area (Å²) in [5, 5.41) is 13.4. The van der Waals surface area contributed by atoms with Crippen molar-refractivity contribution in [1.29, 1.82) is 0 Å². The van der Waals surface area contributed by atoms with Gasteiger partial charge in [-0.25, -0.2) is 9.18 Å². The molecule has 0 aromatic heterocycles. The molecule has 0 aliphatic heterocycles. The molecule has 1 N–H and O–H groups in total. The van der Waals surface area contributed by atoms with Crippen LogP contribution >= 0.6 is 0 Å². The van der Waals surface area contributed by atoms with Gasteiger partial charge < -0.3 is 15.0 Å². The molecular formula is C19H18FN3O6. The van der Waals surface area contributed by atoms with Crippen LogP contribution in [-0.4, -0.2) is 47.8 Å². The highest BCUT2D eigenvalue weighted by atomic mass is 19.1. The van der Waals surface area contributed by atoms with E-state index >= 15 is 0 Å². The van der Waals surface area contributed by atoms with Crippen molar-refractivity contribution in [3.05, 3.63) is 69.5 Å². The van der Waals surface area contributed by atoms with E-state index in [1.165, 1.54) is 50.4 Å². The standard InChI is InChI=1S/C19H18FN3O6/c1-12-3-4-13(9-16(12)23(27)28)19(26)29-11-18(25)22(2)10-17(24)21-15-7-5-14(20)6-8-15/h3-9H,10-11H2,1-2H3,(H,21,24). The monoisotopic (exact) mass is 403 g/mol. The average Bonchev–Trinajstić information content (AvgIpc) is 2.67. The molecule has 29 heavy (non-hydrogen) atoms. The molecule has 0 unspecified atom stereocenters. The quantitative estimate of drug-likeness (QED) is 0.430. The highest BCUT2D eigenvalue weighted by Gasteiger charge is 2.19. The van der Waals surface area contributed by atoms with Crippen molar-refractivity contribution in [2.45, 2.75) is 6.92 Å². The minimum Gasteiger partial charge on any atom is -0.452 e. The number of carbonyl (C=O) groups excluding carboxylic acids is 3. The van der Waals surface area contributed by atoms with Crippen LogP contribution < -0.4 is 5.32 Å². The number of benzene rings is 2. The number of hydrogen-bond donors (Lipinski definition) is 1. The number of nitro benzene ring substituents is 1. The van der Waals surface area contributed by atoms with Crippen LogP contribution in [0.5, 0.6) is 0 Å². The minimum absolute atomic E-state index is 0.0631. The largest absolute Gasteiger partial charge is 0.452 e. The maximum absolute atomic E-state index is 12.9. The van der Waals surface area contributed by atoms with Gasteiger partial charge in [0.2, 0.25) is 5.91 Å². The SMILES string of the molecule is Cc1ccc(C(=O)OCC(=O)N(C)CC(=O)Nc2ccc(F)cc2)cc1[N+](=O)[O-]. The highest BCUT2D eigenvalue weighted by Crippen LogP contribution is 2.19.